The normalized spacial score (nSPS) is 30.7. The molecule has 2 nitrogen and oxygen atoms in total. The molecule has 2 heteroatoms. The number of benzene rings is 1. The van der Waals surface area contributed by atoms with Gasteiger partial charge in [0.1, 0.15) is 0 Å². The van der Waals surface area contributed by atoms with Crippen molar-refractivity contribution >= 4 is 0 Å². The third-order valence-corrected chi connectivity index (χ3v) is 3.70. The summed E-state index contributed by atoms with van der Waals surface area (Å²) in [6, 6.07) is 8.74. The maximum atomic E-state index is 10.1. The van der Waals surface area contributed by atoms with Crippen LogP contribution in [0.5, 0.6) is 0 Å². The molecule has 1 aliphatic carbocycles. The summed E-state index contributed by atoms with van der Waals surface area (Å²) in [5.41, 5.74) is 2.69. The summed E-state index contributed by atoms with van der Waals surface area (Å²) >= 11 is 0. The van der Waals surface area contributed by atoms with Crippen LogP contribution in [-0.2, 0) is 6.42 Å². The van der Waals surface area contributed by atoms with Crippen molar-refractivity contribution in [2.75, 3.05) is 13.1 Å². The molecule has 1 N–H and O–H groups in total. The van der Waals surface area contributed by atoms with E-state index in [1.165, 1.54) is 24.0 Å². The number of fused-ring (bicyclic) bond motifs is 1. The Bertz CT molecular complexity index is 357. The minimum atomic E-state index is -0.194. The van der Waals surface area contributed by atoms with E-state index in [1.807, 2.05) is 0 Å². The molecule has 0 unspecified atom stereocenters. The molecule has 2 aliphatic rings. The van der Waals surface area contributed by atoms with Gasteiger partial charge < -0.3 is 5.11 Å². The molecule has 0 amide bonds. The molecule has 0 bridgehead atoms. The molecule has 1 fully saturated rings. The van der Waals surface area contributed by atoms with Gasteiger partial charge in [-0.15, -0.1) is 0 Å². The predicted octanol–water partition coefficient (Wildman–Crippen LogP) is 1.74. The zero-order valence-corrected chi connectivity index (χ0v) is 8.89. The van der Waals surface area contributed by atoms with Crippen molar-refractivity contribution in [3.63, 3.8) is 0 Å². The van der Waals surface area contributed by atoms with Gasteiger partial charge >= 0.3 is 0 Å². The first-order chi connectivity index (χ1) is 7.36. The van der Waals surface area contributed by atoms with E-state index in [0.29, 0.717) is 0 Å². The Labute approximate surface area is 90.5 Å². The fourth-order valence-electron chi connectivity index (χ4n) is 3.01. The van der Waals surface area contributed by atoms with Crippen LogP contribution in [0.15, 0.2) is 24.3 Å². The molecule has 80 valence electrons. The zero-order valence-electron chi connectivity index (χ0n) is 8.89. The Hall–Kier alpha value is -0.860. The summed E-state index contributed by atoms with van der Waals surface area (Å²) in [6.07, 6.45) is 3.20. The van der Waals surface area contributed by atoms with E-state index in [1.54, 1.807) is 0 Å². The summed E-state index contributed by atoms with van der Waals surface area (Å²) in [5.74, 6) is 0. The van der Waals surface area contributed by atoms with Gasteiger partial charge in [0.15, 0.2) is 0 Å². The third kappa shape index (κ3) is 1.48. The Morgan fingerprint density at radius 2 is 1.87 bits per heavy atom. The Morgan fingerprint density at radius 1 is 1.13 bits per heavy atom. The highest BCUT2D eigenvalue weighted by molar-refractivity contribution is 5.36. The second-order valence-corrected chi connectivity index (χ2v) is 4.66. The van der Waals surface area contributed by atoms with Crippen LogP contribution in [0.1, 0.15) is 30.0 Å². The van der Waals surface area contributed by atoms with Gasteiger partial charge in [0.2, 0.25) is 0 Å². The lowest BCUT2D eigenvalue weighted by molar-refractivity contribution is 0.0753. The Balaban J connectivity index is 1.94. The van der Waals surface area contributed by atoms with Crippen LogP contribution < -0.4 is 0 Å². The van der Waals surface area contributed by atoms with Crippen molar-refractivity contribution in [3.05, 3.63) is 35.4 Å². The maximum absolute atomic E-state index is 10.1. The first-order valence-electron chi connectivity index (χ1n) is 5.86. The van der Waals surface area contributed by atoms with Crippen molar-refractivity contribution in [1.29, 1.82) is 0 Å². The van der Waals surface area contributed by atoms with E-state index < -0.39 is 0 Å². The van der Waals surface area contributed by atoms with Crippen LogP contribution in [0.2, 0.25) is 0 Å². The van der Waals surface area contributed by atoms with E-state index in [-0.39, 0.29) is 12.1 Å². The largest absolute Gasteiger partial charge is 0.391 e. The lowest BCUT2D eigenvalue weighted by Gasteiger charge is -2.27. The fourth-order valence-corrected chi connectivity index (χ4v) is 3.01. The molecule has 0 spiro atoms. The van der Waals surface area contributed by atoms with Gasteiger partial charge in [-0.25, -0.2) is 0 Å². The average Bonchev–Trinajstić information content (AvgIpc) is 2.82. The summed E-state index contributed by atoms with van der Waals surface area (Å²) < 4.78 is 0. The molecule has 3 rings (SSSR count). The van der Waals surface area contributed by atoms with Crippen LogP contribution in [-0.4, -0.2) is 29.2 Å². The Morgan fingerprint density at radius 3 is 2.67 bits per heavy atom. The number of aliphatic hydroxyl groups excluding tert-OH is 1. The van der Waals surface area contributed by atoms with Gasteiger partial charge in [0, 0.05) is 6.42 Å². The molecule has 0 saturated carbocycles. The fraction of sp³-hybridized carbons (Fsp3) is 0.538. The molecule has 1 saturated heterocycles. The molecular weight excluding hydrogens is 186 g/mol. The summed E-state index contributed by atoms with van der Waals surface area (Å²) in [4.78, 5) is 2.44. The maximum Gasteiger partial charge on any atom is 0.0777 e. The number of hydrogen-bond donors (Lipinski definition) is 1. The molecule has 0 radical (unpaired) electrons. The van der Waals surface area contributed by atoms with E-state index in [0.717, 1.165) is 19.5 Å². The van der Waals surface area contributed by atoms with Crippen LogP contribution in [0.3, 0.4) is 0 Å². The first kappa shape index (κ1) is 9.37. The zero-order chi connectivity index (χ0) is 10.3. The van der Waals surface area contributed by atoms with Crippen molar-refractivity contribution < 1.29 is 5.11 Å². The van der Waals surface area contributed by atoms with Gasteiger partial charge in [-0.1, -0.05) is 24.3 Å². The number of hydrogen-bond acceptors (Lipinski definition) is 2. The minimum Gasteiger partial charge on any atom is -0.391 e. The molecule has 15 heavy (non-hydrogen) atoms. The van der Waals surface area contributed by atoms with Gasteiger partial charge in [-0.2, -0.15) is 0 Å². The highest BCUT2D eigenvalue weighted by atomic mass is 16.3. The monoisotopic (exact) mass is 203 g/mol. The van der Waals surface area contributed by atoms with Gasteiger partial charge in [-0.3, -0.25) is 4.90 Å². The number of likely N-dealkylation sites (tertiary alicyclic amines) is 1. The second kappa shape index (κ2) is 3.62. The highest BCUT2D eigenvalue weighted by Gasteiger charge is 2.35. The van der Waals surface area contributed by atoms with Crippen molar-refractivity contribution in [3.8, 4) is 0 Å². The number of aliphatic hydroxyl groups is 1. The number of nitrogens with zero attached hydrogens (tertiary/aromatic N) is 1. The lowest BCUT2D eigenvalue weighted by atomic mass is 10.1. The van der Waals surface area contributed by atoms with Crippen LogP contribution >= 0.6 is 0 Å². The van der Waals surface area contributed by atoms with E-state index in [4.69, 9.17) is 0 Å². The summed E-state index contributed by atoms with van der Waals surface area (Å²) in [7, 11) is 0. The minimum absolute atomic E-state index is 0.194. The van der Waals surface area contributed by atoms with Crippen molar-refractivity contribution in [1.82, 2.24) is 4.90 Å². The molecule has 1 heterocycles. The highest BCUT2D eigenvalue weighted by Crippen LogP contribution is 2.37. The quantitative estimate of drug-likeness (QED) is 0.751. The molecule has 0 aromatic heterocycles. The number of rotatable bonds is 1. The average molecular weight is 203 g/mol. The standard InChI is InChI=1S/C13H17NO/c15-12-9-10-5-1-2-6-11(10)13(12)14-7-3-4-8-14/h1-2,5-6,12-13,15H,3-4,7-9H2/t12-,13-/m0/s1. The summed E-state index contributed by atoms with van der Waals surface area (Å²) in [6.45, 7) is 2.30. The molecule has 1 aliphatic heterocycles. The van der Waals surface area contributed by atoms with E-state index in [9.17, 15) is 5.11 Å². The Kier molecular flexibility index (Phi) is 2.26. The predicted molar refractivity (Wildman–Crippen MR) is 59.7 cm³/mol. The van der Waals surface area contributed by atoms with E-state index >= 15 is 0 Å². The SMILES string of the molecule is O[C@H]1Cc2ccccc2[C@@H]1N1CCCC1. The smallest absolute Gasteiger partial charge is 0.0777 e. The van der Waals surface area contributed by atoms with Gasteiger partial charge in [0.25, 0.3) is 0 Å². The second-order valence-electron chi connectivity index (χ2n) is 4.66. The van der Waals surface area contributed by atoms with Crippen molar-refractivity contribution in [2.24, 2.45) is 0 Å². The van der Waals surface area contributed by atoms with E-state index in [2.05, 4.69) is 29.2 Å². The molecule has 1 aromatic carbocycles. The molecule has 2 atom stereocenters. The van der Waals surface area contributed by atoms with Crippen LogP contribution in [0, 0.1) is 0 Å². The molecule has 1 aromatic rings. The lowest BCUT2D eigenvalue weighted by Crippen LogP contribution is -2.31. The van der Waals surface area contributed by atoms with Gasteiger partial charge in [0.05, 0.1) is 12.1 Å². The topological polar surface area (TPSA) is 23.5 Å². The van der Waals surface area contributed by atoms with Crippen LogP contribution in [0.25, 0.3) is 0 Å². The third-order valence-electron chi connectivity index (χ3n) is 3.70. The van der Waals surface area contributed by atoms with Crippen molar-refractivity contribution in [2.45, 2.75) is 31.4 Å². The van der Waals surface area contributed by atoms with Gasteiger partial charge in [-0.05, 0) is 37.1 Å². The first-order valence-corrected chi connectivity index (χ1v) is 5.86. The molecular formula is C13H17NO. The summed E-state index contributed by atoms with van der Waals surface area (Å²) in [5, 5.41) is 10.1. The van der Waals surface area contributed by atoms with Crippen LogP contribution in [0.4, 0.5) is 0 Å².